The summed E-state index contributed by atoms with van der Waals surface area (Å²) in [6, 6.07) is -0.831. The number of aliphatic hydroxyl groups is 3. The Kier molecular flexibility index (Phi) is 53.0. The second-order valence-corrected chi connectivity index (χ2v) is 19.8. The van der Waals surface area contributed by atoms with Crippen LogP contribution < -0.4 is 5.32 Å². The normalized spacial score (nSPS) is 13.5. The van der Waals surface area contributed by atoms with E-state index in [9.17, 15) is 20.1 Å². The van der Waals surface area contributed by atoms with Crippen molar-refractivity contribution >= 4 is 5.91 Å². The van der Waals surface area contributed by atoms with Crippen molar-refractivity contribution in [2.75, 3.05) is 6.61 Å². The number of unbranched alkanes of at least 4 members (excludes halogenated alkanes) is 39. The lowest BCUT2D eigenvalue weighted by atomic mass is 10.0. The van der Waals surface area contributed by atoms with Gasteiger partial charge in [0.25, 0.3) is 0 Å². The number of carbonyl (C=O) groups is 1. The van der Waals surface area contributed by atoms with Crippen LogP contribution in [-0.4, -0.2) is 46.1 Å². The van der Waals surface area contributed by atoms with Crippen molar-refractivity contribution < 1.29 is 20.1 Å². The largest absolute Gasteiger partial charge is 0.394 e. The minimum atomic E-state index is -1.17. The van der Waals surface area contributed by atoms with Crippen LogP contribution in [0.2, 0.25) is 0 Å². The molecule has 3 unspecified atom stereocenters. The predicted octanol–water partition coefficient (Wildman–Crippen LogP) is 17.8. The van der Waals surface area contributed by atoms with E-state index in [1.807, 2.05) is 0 Å². The molecule has 0 aliphatic carbocycles. The number of allylic oxidation sites excluding steroid dienone is 6. The molecule has 0 spiro atoms. The minimum absolute atomic E-state index is 0.155. The molecule has 3 atom stereocenters. The van der Waals surface area contributed by atoms with E-state index in [1.54, 1.807) is 0 Å². The van der Waals surface area contributed by atoms with Gasteiger partial charge >= 0.3 is 0 Å². The third-order valence-corrected chi connectivity index (χ3v) is 13.4. The highest BCUT2D eigenvalue weighted by molar-refractivity contribution is 5.76. The van der Waals surface area contributed by atoms with Gasteiger partial charge in [0.15, 0.2) is 0 Å². The second kappa shape index (κ2) is 54.2. The van der Waals surface area contributed by atoms with Crippen LogP contribution in [0.4, 0.5) is 0 Å². The smallest absolute Gasteiger partial charge is 0.220 e. The van der Waals surface area contributed by atoms with Crippen LogP contribution in [0.5, 0.6) is 0 Å². The number of hydrogen-bond donors (Lipinski definition) is 4. The minimum Gasteiger partial charge on any atom is -0.394 e. The number of amides is 1. The van der Waals surface area contributed by atoms with Gasteiger partial charge in [-0.3, -0.25) is 4.79 Å². The van der Waals surface area contributed by atoms with Crippen LogP contribution in [0.1, 0.15) is 309 Å². The highest BCUT2D eigenvalue weighted by Gasteiger charge is 2.26. The first-order valence-corrected chi connectivity index (χ1v) is 28.8. The third kappa shape index (κ3) is 48.5. The molecule has 64 heavy (non-hydrogen) atoms. The zero-order chi connectivity index (χ0) is 46.5. The van der Waals surface area contributed by atoms with Crippen molar-refractivity contribution in [2.45, 2.75) is 327 Å². The quantitative estimate of drug-likeness (QED) is 0.0362. The monoisotopic (exact) mass is 900 g/mol. The lowest BCUT2D eigenvalue weighted by Gasteiger charge is -2.26. The molecule has 0 aliphatic rings. The molecule has 5 heteroatoms. The van der Waals surface area contributed by atoms with Crippen molar-refractivity contribution in [3.8, 4) is 0 Å². The summed E-state index contributed by atoms with van der Waals surface area (Å²) in [5.41, 5.74) is 0. The van der Waals surface area contributed by atoms with Crippen LogP contribution in [0, 0.1) is 0 Å². The van der Waals surface area contributed by atoms with E-state index in [0.29, 0.717) is 12.8 Å². The Labute approximate surface area is 400 Å². The molecule has 0 aromatic carbocycles. The maximum Gasteiger partial charge on any atom is 0.220 e. The molecule has 0 rings (SSSR count). The molecule has 5 nitrogen and oxygen atoms in total. The van der Waals surface area contributed by atoms with Gasteiger partial charge in [-0.25, -0.2) is 0 Å². The molecular weight excluding hydrogens is 787 g/mol. The Morgan fingerprint density at radius 1 is 0.375 bits per heavy atom. The molecule has 0 saturated heterocycles. The first-order chi connectivity index (χ1) is 31.6. The fourth-order valence-electron chi connectivity index (χ4n) is 9.00. The van der Waals surface area contributed by atoms with Gasteiger partial charge in [-0.05, 0) is 77.0 Å². The Hall–Kier alpha value is -1.43. The van der Waals surface area contributed by atoms with E-state index in [2.05, 4.69) is 55.6 Å². The summed E-state index contributed by atoms with van der Waals surface area (Å²) in [5, 5.41) is 33.6. The molecule has 0 bridgehead atoms. The van der Waals surface area contributed by atoms with Crippen LogP contribution in [0.15, 0.2) is 36.5 Å². The topological polar surface area (TPSA) is 89.8 Å². The summed E-state index contributed by atoms with van der Waals surface area (Å²) < 4.78 is 0. The Bertz CT molecular complexity index is 993. The van der Waals surface area contributed by atoms with Gasteiger partial charge in [-0.2, -0.15) is 0 Å². The molecule has 0 saturated carbocycles. The third-order valence-electron chi connectivity index (χ3n) is 13.4. The SMILES string of the molecule is CCCCCCCC/C=C/CC/C=C/CCCC(O)C(O)C(CO)NC(=O)CCCCCCCCCCCCCCCCCCC/C=C\CCCCCCCCCCCCCCCC. The summed E-state index contributed by atoms with van der Waals surface area (Å²) in [7, 11) is 0. The summed E-state index contributed by atoms with van der Waals surface area (Å²) in [6.45, 7) is 4.18. The fraction of sp³-hybridized carbons (Fsp3) is 0.881. The van der Waals surface area contributed by atoms with Gasteiger partial charge in [0.2, 0.25) is 5.91 Å². The van der Waals surface area contributed by atoms with E-state index < -0.39 is 18.2 Å². The summed E-state index contributed by atoms with van der Waals surface area (Å²) >= 11 is 0. The Morgan fingerprint density at radius 3 is 0.953 bits per heavy atom. The molecule has 0 aromatic heterocycles. The Morgan fingerprint density at radius 2 is 0.641 bits per heavy atom. The zero-order valence-electron chi connectivity index (χ0n) is 43.2. The molecular formula is C59H113NO4. The van der Waals surface area contributed by atoms with Crippen LogP contribution in [0.25, 0.3) is 0 Å². The van der Waals surface area contributed by atoms with Crippen LogP contribution >= 0.6 is 0 Å². The van der Waals surface area contributed by atoms with E-state index >= 15 is 0 Å². The molecule has 0 aromatic rings. The van der Waals surface area contributed by atoms with Crippen LogP contribution in [0.3, 0.4) is 0 Å². The highest BCUT2D eigenvalue weighted by atomic mass is 16.3. The van der Waals surface area contributed by atoms with Crippen molar-refractivity contribution in [1.82, 2.24) is 5.32 Å². The maximum absolute atomic E-state index is 12.5. The zero-order valence-corrected chi connectivity index (χ0v) is 43.2. The maximum atomic E-state index is 12.5. The summed E-state index contributed by atoms with van der Waals surface area (Å²) in [6.07, 6.45) is 70.3. The van der Waals surface area contributed by atoms with Gasteiger partial charge in [-0.1, -0.05) is 262 Å². The van der Waals surface area contributed by atoms with Gasteiger partial charge in [0, 0.05) is 6.42 Å². The molecule has 378 valence electrons. The number of hydrogen-bond acceptors (Lipinski definition) is 4. The molecule has 0 aliphatic heterocycles. The van der Waals surface area contributed by atoms with Gasteiger partial charge in [0.05, 0.1) is 18.8 Å². The highest BCUT2D eigenvalue weighted by Crippen LogP contribution is 2.17. The molecule has 4 N–H and O–H groups in total. The molecule has 0 heterocycles. The standard InChI is InChI=1S/C59H113NO4/c1-3-5-7-9-11-13-15-17-19-20-21-22-23-24-25-26-27-28-29-30-31-32-33-34-35-36-37-38-40-42-44-46-48-50-52-54-58(63)60-56(55-61)59(64)57(62)53-51-49-47-45-43-41-39-18-16-14-12-10-8-6-4-2/h18,26-27,39,45,47,56-57,59,61-62,64H,3-17,19-25,28-38,40-44,46,48-55H2,1-2H3,(H,60,63)/b27-26-,39-18+,47-45+. The van der Waals surface area contributed by atoms with Gasteiger partial charge in [0.1, 0.15) is 6.10 Å². The summed E-state index contributed by atoms with van der Waals surface area (Å²) in [4.78, 5) is 12.5. The fourth-order valence-corrected chi connectivity index (χ4v) is 9.00. The Balaban J connectivity index is 3.49. The lowest BCUT2D eigenvalue weighted by Crippen LogP contribution is -2.50. The van der Waals surface area contributed by atoms with Crippen molar-refractivity contribution in [2.24, 2.45) is 0 Å². The van der Waals surface area contributed by atoms with Crippen molar-refractivity contribution in [1.29, 1.82) is 0 Å². The van der Waals surface area contributed by atoms with Gasteiger partial charge < -0.3 is 20.6 Å². The number of nitrogens with one attached hydrogen (secondary N) is 1. The first kappa shape index (κ1) is 62.6. The predicted molar refractivity (Wildman–Crippen MR) is 282 cm³/mol. The van der Waals surface area contributed by atoms with E-state index in [-0.39, 0.29) is 12.5 Å². The average molecular weight is 901 g/mol. The first-order valence-electron chi connectivity index (χ1n) is 28.8. The summed E-state index contributed by atoms with van der Waals surface area (Å²) in [5.74, 6) is -0.155. The van der Waals surface area contributed by atoms with Gasteiger partial charge in [-0.15, -0.1) is 0 Å². The number of aliphatic hydroxyl groups excluding tert-OH is 3. The number of carbonyl (C=O) groups excluding carboxylic acids is 1. The average Bonchev–Trinajstić information content (AvgIpc) is 3.30. The second-order valence-electron chi connectivity index (χ2n) is 19.8. The van der Waals surface area contributed by atoms with E-state index in [4.69, 9.17) is 0 Å². The molecule has 0 radical (unpaired) electrons. The van der Waals surface area contributed by atoms with Crippen LogP contribution in [-0.2, 0) is 4.79 Å². The molecule has 1 amide bonds. The van der Waals surface area contributed by atoms with E-state index in [0.717, 1.165) is 44.9 Å². The lowest BCUT2D eigenvalue weighted by molar-refractivity contribution is -0.124. The van der Waals surface area contributed by atoms with Crippen molar-refractivity contribution in [3.63, 3.8) is 0 Å². The van der Waals surface area contributed by atoms with E-state index in [1.165, 1.54) is 238 Å². The molecule has 0 fully saturated rings. The van der Waals surface area contributed by atoms with Crippen molar-refractivity contribution in [3.05, 3.63) is 36.5 Å². The number of rotatable bonds is 53.